The number of amides is 3. The highest BCUT2D eigenvalue weighted by atomic mass is 35.5. The molecule has 0 saturated carbocycles. The molecule has 0 unspecified atom stereocenters. The quantitative estimate of drug-likeness (QED) is 0.667. The zero-order valence-corrected chi connectivity index (χ0v) is 15.2. The molecule has 27 heavy (non-hydrogen) atoms. The van der Waals surface area contributed by atoms with Gasteiger partial charge in [0.05, 0.1) is 23.1 Å². The van der Waals surface area contributed by atoms with Crippen molar-refractivity contribution in [2.45, 2.75) is 0 Å². The molecule has 0 fully saturated rings. The largest absolute Gasteiger partial charge is 0.437 e. The van der Waals surface area contributed by atoms with E-state index in [0.29, 0.717) is 27.4 Å². The van der Waals surface area contributed by atoms with Gasteiger partial charge in [0, 0.05) is 28.9 Å². The molecule has 2 aromatic heterocycles. The van der Waals surface area contributed by atoms with Crippen LogP contribution in [0.1, 0.15) is 10.4 Å². The van der Waals surface area contributed by atoms with Gasteiger partial charge in [-0.1, -0.05) is 29.3 Å². The average molecular weight is 403 g/mol. The summed E-state index contributed by atoms with van der Waals surface area (Å²) < 4.78 is 5.50. The van der Waals surface area contributed by atoms with E-state index >= 15 is 0 Å². The van der Waals surface area contributed by atoms with Gasteiger partial charge >= 0.3 is 6.03 Å². The average Bonchev–Trinajstić information content (AvgIpc) is 2.63. The third-order valence-electron chi connectivity index (χ3n) is 3.21. The SMILES string of the molecule is O=C(NC(=O)c1cccc(Cl)c1)Nc1ccc(Oc2cncc(Cl)c2)nc1. The van der Waals surface area contributed by atoms with Crippen LogP contribution in [0.4, 0.5) is 10.5 Å². The van der Waals surface area contributed by atoms with E-state index in [1.807, 2.05) is 0 Å². The lowest BCUT2D eigenvalue weighted by Crippen LogP contribution is -2.34. The van der Waals surface area contributed by atoms with Crippen molar-refractivity contribution >= 4 is 40.8 Å². The molecule has 7 nitrogen and oxygen atoms in total. The summed E-state index contributed by atoms with van der Waals surface area (Å²) in [6, 6.07) is 10.3. The predicted molar refractivity (Wildman–Crippen MR) is 101 cm³/mol. The molecule has 3 rings (SSSR count). The van der Waals surface area contributed by atoms with Crippen LogP contribution in [0.2, 0.25) is 10.0 Å². The molecule has 9 heteroatoms. The summed E-state index contributed by atoms with van der Waals surface area (Å²) in [7, 11) is 0. The summed E-state index contributed by atoms with van der Waals surface area (Å²) in [6.07, 6.45) is 4.36. The molecule has 0 radical (unpaired) electrons. The molecule has 0 aliphatic rings. The molecule has 2 N–H and O–H groups in total. The van der Waals surface area contributed by atoms with Crippen molar-refractivity contribution in [1.82, 2.24) is 15.3 Å². The van der Waals surface area contributed by atoms with Crippen molar-refractivity contribution in [2.24, 2.45) is 0 Å². The van der Waals surface area contributed by atoms with Gasteiger partial charge in [-0.3, -0.25) is 15.1 Å². The Balaban J connectivity index is 1.57. The second-order valence-corrected chi connectivity index (χ2v) is 6.12. The van der Waals surface area contributed by atoms with E-state index in [1.54, 1.807) is 36.4 Å². The second kappa shape index (κ2) is 8.48. The van der Waals surface area contributed by atoms with E-state index in [9.17, 15) is 9.59 Å². The van der Waals surface area contributed by atoms with Crippen LogP contribution in [0.15, 0.2) is 61.1 Å². The van der Waals surface area contributed by atoms with Crippen LogP contribution < -0.4 is 15.4 Å². The van der Waals surface area contributed by atoms with Crippen molar-refractivity contribution in [2.75, 3.05) is 5.32 Å². The number of aromatic nitrogens is 2. The predicted octanol–water partition coefficient (Wildman–Crippen LogP) is 4.54. The number of anilines is 1. The third kappa shape index (κ3) is 5.40. The zero-order valence-electron chi connectivity index (χ0n) is 13.6. The van der Waals surface area contributed by atoms with E-state index in [1.165, 1.54) is 24.7 Å². The molecule has 1 aromatic carbocycles. The highest BCUT2D eigenvalue weighted by Crippen LogP contribution is 2.22. The minimum atomic E-state index is -0.700. The van der Waals surface area contributed by atoms with Gasteiger partial charge in [-0.05, 0) is 24.3 Å². The molecular weight excluding hydrogens is 391 g/mol. The number of carbonyl (C=O) groups excluding carboxylic acids is 2. The van der Waals surface area contributed by atoms with Crippen LogP contribution in [-0.4, -0.2) is 21.9 Å². The van der Waals surface area contributed by atoms with Gasteiger partial charge in [-0.2, -0.15) is 0 Å². The van der Waals surface area contributed by atoms with E-state index in [0.717, 1.165) is 0 Å². The molecule has 0 saturated heterocycles. The van der Waals surface area contributed by atoms with Gasteiger partial charge < -0.3 is 10.1 Å². The number of nitrogens with zero attached hydrogens (tertiary/aromatic N) is 2. The number of carbonyl (C=O) groups is 2. The molecule has 136 valence electrons. The second-order valence-electron chi connectivity index (χ2n) is 5.24. The van der Waals surface area contributed by atoms with E-state index in [2.05, 4.69) is 20.6 Å². The Kier molecular flexibility index (Phi) is 5.85. The van der Waals surface area contributed by atoms with Crippen LogP contribution >= 0.6 is 23.2 Å². The summed E-state index contributed by atoms with van der Waals surface area (Å²) in [5.74, 6) is 0.150. The summed E-state index contributed by atoms with van der Waals surface area (Å²) >= 11 is 11.7. The van der Waals surface area contributed by atoms with E-state index in [-0.39, 0.29) is 5.56 Å². The van der Waals surface area contributed by atoms with Crippen LogP contribution in [0.3, 0.4) is 0 Å². The van der Waals surface area contributed by atoms with Crippen LogP contribution in [0.25, 0.3) is 0 Å². The molecule has 3 aromatic rings. The number of urea groups is 1. The first-order valence-corrected chi connectivity index (χ1v) is 8.37. The fourth-order valence-electron chi connectivity index (χ4n) is 2.05. The topological polar surface area (TPSA) is 93.2 Å². The minimum Gasteiger partial charge on any atom is -0.437 e. The van der Waals surface area contributed by atoms with Crippen molar-refractivity contribution in [3.63, 3.8) is 0 Å². The number of pyridine rings is 2. The van der Waals surface area contributed by atoms with Gasteiger partial charge in [0.2, 0.25) is 5.88 Å². The van der Waals surface area contributed by atoms with Crippen LogP contribution in [-0.2, 0) is 0 Å². The maximum absolute atomic E-state index is 12.0. The van der Waals surface area contributed by atoms with Crippen LogP contribution in [0.5, 0.6) is 11.6 Å². The summed E-state index contributed by atoms with van der Waals surface area (Å²) in [6.45, 7) is 0. The lowest BCUT2D eigenvalue weighted by atomic mass is 10.2. The normalized spacial score (nSPS) is 10.1. The van der Waals surface area contributed by atoms with Gasteiger partial charge in [0.15, 0.2) is 0 Å². The highest BCUT2D eigenvalue weighted by Gasteiger charge is 2.11. The first kappa shape index (κ1) is 18.6. The Hall–Kier alpha value is -3.16. The molecule has 0 aliphatic heterocycles. The number of rotatable bonds is 4. The maximum Gasteiger partial charge on any atom is 0.326 e. The Bertz CT molecular complexity index is 980. The first-order chi connectivity index (χ1) is 13.0. The zero-order chi connectivity index (χ0) is 19.2. The molecule has 0 atom stereocenters. The highest BCUT2D eigenvalue weighted by molar-refractivity contribution is 6.31. The van der Waals surface area contributed by atoms with Crippen molar-refractivity contribution in [3.05, 3.63) is 76.7 Å². The van der Waals surface area contributed by atoms with Gasteiger partial charge in [-0.25, -0.2) is 9.78 Å². The number of nitrogens with one attached hydrogen (secondary N) is 2. The number of hydrogen-bond donors (Lipinski definition) is 2. The number of halogens is 2. The number of imide groups is 1. The Morgan fingerprint density at radius 2 is 1.81 bits per heavy atom. The van der Waals surface area contributed by atoms with E-state index < -0.39 is 11.9 Å². The van der Waals surface area contributed by atoms with Gasteiger partial charge in [0.1, 0.15) is 5.75 Å². The molecular formula is C18H12Cl2N4O3. The maximum atomic E-state index is 12.0. The monoisotopic (exact) mass is 402 g/mol. The first-order valence-electron chi connectivity index (χ1n) is 7.62. The molecule has 2 heterocycles. The minimum absolute atomic E-state index is 0.273. The summed E-state index contributed by atoms with van der Waals surface area (Å²) in [5, 5.41) is 5.54. The smallest absolute Gasteiger partial charge is 0.326 e. The van der Waals surface area contributed by atoms with Crippen molar-refractivity contribution in [1.29, 1.82) is 0 Å². The number of benzene rings is 1. The molecule has 0 aliphatic carbocycles. The molecule has 3 amide bonds. The third-order valence-corrected chi connectivity index (χ3v) is 3.65. The Morgan fingerprint density at radius 1 is 0.963 bits per heavy atom. The lowest BCUT2D eigenvalue weighted by Gasteiger charge is -2.08. The fraction of sp³-hybridized carbons (Fsp3) is 0. The summed E-state index contributed by atoms with van der Waals surface area (Å²) in [5.41, 5.74) is 0.651. The van der Waals surface area contributed by atoms with E-state index in [4.69, 9.17) is 27.9 Å². The van der Waals surface area contributed by atoms with Crippen molar-refractivity contribution in [3.8, 4) is 11.6 Å². The summed E-state index contributed by atoms with van der Waals surface area (Å²) in [4.78, 5) is 31.9. The molecule has 0 spiro atoms. The Morgan fingerprint density at radius 3 is 2.52 bits per heavy atom. The van der Waals surface area contributed by atoms with Gasteiger partial charge in [0.25, 0.3) is 5.91 Å². The fourth-order valence-corrected chi connectivity index (χ4v) is 2.41. The lowest BCUT2D eigenvalue weighted by molar-refractivity contribution is 0.0967. The number of ether oxygens (including phenoxy) is 1. The Labute approximate surface area is 164 Å². The standard InChI is InChI=1S/C18H12Cl2N4O3/c19-12-3-1-2-11(6-12)17(25)24-18(26)23-14-4-5-16(22-9-14)27-15-7-13(20)8-21-10-15/h1-10H,(H2,23,24,25,26). The van der Waals surface area contributed by atoms with Crippen molar-refractivity contribution < 1.29 is 14.3 Å². The van der Waals surface area contributed by atoms with Crippen LogP contribution in [0, 0.1) is 0 Å². The number of hydrogen-bond acceptors (Lipinski definition) is 5. The van der Waals surface area contributed by atoms with Gasteiger partial charge in [-0.15, -0.1) is 0 Å². The molecule has 0 bridgehead atoms.